The number of nitrogens with two attached hydrogens (primary N) is 1. The van der Waals surface area contributed by atoms with Gasteiger partial charge in [0.25, 0.3) is 0 Å². The zero-order valence-electron chi connectivity index (χ0n) is 11.2. The van der Waals surface area contributed by atoms with Crippen molar-refractivity contribution in [3.63, 3.8) is 0 Å². The van der Waals surface area contributed by atoms with Crippen molar-refractivity contribution < 1.29 is 4.42 Å². The first-order valence-electron chi connectivity index (χ1n) is 6.45. The van der Waals surface area contributed by atoms with Gasteiger partial charge in [-0.25, -0.2) is 9.97 Å². The summed E-state index contributed by atoms with van der Waals surface area (Å²) in [6.07, 6.45) is 1.74. The molecule has 2 N–H and O–H groups in total. The summed E-state index contributed by atoms with van der Waals surface area (Å²) in [4.78, 5) is 8.88. The lowest BCUT2D eigenvalue weighted by Crippen LogP contribution is -1.97. The van der Waals surface area contributed by atoms with Crippen molar-refractivity contribution in [2.75, 3.05) is 0 Å². The average molecular weight is 265 g/mol. The molecule has 0 aliphatic carbocycles. The van der Waals surface area contributed by atoms with Gasteiger partial charge < -0.3 is 10.2 Å². The highest BCUT2D eigenvalue weighted by molar-refractivity contribution is 5.60. The fourth-order valence-corrected chi connectivity index (χ4v) is 2.04. The highest BCUT2D eigenvalue weighted by Gasteiger charge is 2.07. The molecule has 2 aromatic heterocycles. The number of hydrogen-bond donors (Lipinski definition) is 1. The van der Waals surface area contributed by atoms with Gasteiger partial charge in [-0.05, 0) is 36.8 Å². The first-order valence-corrected chi connectivity index (χ1v) is 6.45. The Morgan fingerprint density at radius 1 is 1.15 bits per heavy atom. The van der Waals surface area contributed by atoms with Gasteiger partial charge in [0.15, 0.2) is 11.6 Å². The fourth-order valence-electron chi connectivity index (χ4n) is 2.04. The van der Waals surface area contributed by atoms with E-state index in [1.54, 1.807) is 6.20 Å². The van der Waals surface area contributed by atoms with Crippen LogP contribution in [0.4, 0.5) is 0 Å². The van der Waals surface area contributed by atoms with E-state index in [-0.39, 0.29) is 0 Å². The third-order valence-electron chi connectivity index (χ3n) is 3.07. The van der Waals surface area contributed by atoms with Crippen LogP contribution in [0.1, 0.15) is 11.3 Å². The summed E-state index contributed by atoms with van der Waals surface area (Å²) in [6.45, 7) is 2.42. The molecule has 0 radical (unpaired) electrons. The van der Waals surface area contributed by atoms with Gasteiger partial charge in [-0.15, -0.1) is 0 Å². The molecule has 3 rings (SSSR count). The van der Waals surface area contributed by atoms with Crippen molar-refractivity contribution in [3.05, 3.63) is 60.0 Å². The van der Waals surface area contributed by atoms with E-state index in [2.05, 4.69) is 9.97 Å². The Kier molecular flexibility index (Phi) is 3.31. The second-order valence-corrected chi connectivity index (χ2v) is 4.58. The number of aromatic nitrogens is 2. The molecule has 0 amide bonds. The third-order valence-corrected chi connectivity index (χ3v) is 3.07. The second-order valence-electron chi connectivity index (χ2n) is 4.58. The summed E-state index contributed by atoms with van der Waals surface area (Å²) in [7, 11) is 0. The SMILES string of the molecule is Cc1ccc(-c2ccnc(-c3cccc(CN)c3)n2)o1. The topological polar surface area (TPSA) is 64.9 Å². The van der Waals surface area contributed by atoms with Gasteiger partial charge in [0.1, 0.15) is 11.5 Å². The van der Waals surface area contributed by atoms with E-state index in [1.807, 2.05) is 49.4 Å². The van der Waals surface area contributed by atoms with Gasteiger partial charge in [0, 0.05) is 18.3 Å². The Hall–Kier alpha value is -2.46. The van der Waals surface area contributed by atoms with Crippen LogP contribution in [0.15, 0.2) is 53.1 Å². The number of hydrogen-bond acceptors (Lipinski definition) is 4. The second kappa shape index (κ2) is 5.27. The van der Waals surface area contributed by atoms with Crippen molar-refractivity contribution in [3.8, 4) is 22.8 Å². The van der Waals surface area contributed by atoms with Crippen LogP contribution in [0.25, 0.3) is 22.8 Å². The van der Waals surface area contributed by atoms with E-state index in [1.165, 1.54) is 0 Å². The van der Waals surface area contributed by atoms with Crippen molar-refractivity contribution in [2.24, 2.45) is 5.73 Å². The van der Waals surface area contributed by atoms with Crippen LogP contribution in [0, 0.1) is 6.92 Å². The largest absolute Gasteiger partial charge is 0.460 e. The fraction of sp³-hybridized carbons (Fsp3) is 0.125. The smallest absolute Gasteiger partial charge is 0.159 e. The zero-order valence-corrected chi connectivity index (χ0v) is 11.2. The predicted octanol–water partition coefficient (Wildman–Crippen LogP) is 3.17. The zero-order chi connectivity index (χ0) is 13.9. The molecule has 0 unspecified atom stereocenters. The molecule has 100 valence electrons. The predicted molar refractivity (Wildman–Crippen MR) is 77.8 cm³/mol. The standard InChI is InChI=1S/C16H15N3O/c1-11-5-6-15(20-11)14-7-8-18-16(19-14)13-4-2-3-12(9-13)10-17/h2-9H,10,17H2,1H3. The number of aryl methyl sites for hydroxylation is 1. The molecule has 0 bridgehead atoms. The molecule has 0 spiro atoms. The Morgan fingerprint density at radius 2 is 2.05 bits per heavy atom. The van der Waals surface area contributed by atoms with Crippen LogP contribution in [-0.4, -0.2) is 9.97 Å². The minimum absolute atomic E-state index is 0.505. The number of benzene rings is 1. The van der Waals surface area contributed by atoms with E-state index < -0.39 is 0 Å². The molecule has 4 nitrogen and oxygen atoms in total. The molecule has 1 aromatic carbocycles. The average Bonchev–Trinajstić information content (AvgIpc) is 2.94. The molecule has 0 aliphatic rings. The number of rotatable bonds is 3. The van der Waals surface area contributed by atoms with Crippen LogP contribution in [0.5, 0.6) is 0 Å². The number of furan rings is 1. The molecule has 0 atom stereocenters. The van der Waals surface area contributed by atoms with Crippen molar-refractivity contribution in [1.82, 2.24) is 9.97 Å². The monoisotopic (exact) mass is 265 g/mol. The molecule has 0 saturated carbocycles. The Balaban J connectivity index is 2.02. The van der Waals surface area contributed by atoms with Gasteiger partial charge >= 0.3 is 0 Å². The molecule has 0 aliphatic heterocycles. The molecule has 0 saturated heterocycles. The van der Waals surface area contributed by atoms with Crippen molar-refractivity contribution >= 4 is 0 Å². The van der Waals surface area contributed by atoms with Crippen LogP contribution >= 0.6 is 0 Å². The van der Waals surface area contributed by atoms with Crippen LogP contribution in [0.2, 0.25) is 0 Å². The number of nitrogens with zero attached hydrogens (tertiary/aromatic N) is 2. The lowest BCUT2D eigenvalue weighted by Gasteiger charge is -2.04. The third kappa shape index (κ3) is 2.46. The highest BCUT2D eigenvalue weighted by Crippen LogP contribution is 2.23. The van der Waals surface area contributed by atoms with Crippen LogP contribution < -0.4 is 5.73 Å². The van der Waals surface area contributed by atoms with E-state index in [9.17, 15) is 0 Å². The van der Waals surface area contributed by atoms with E-state index in [4.69, 9.17) is 10.2 Å². The Morgan fingerprint density at radius 3 is 2.80 bits per heavy atom. The lowest BCUT2D eigenvalue weighted by atomic mass is 10.1. The van der Waals surface area contributed by atoms with E-state index in [0.29, 0.717) is 12.4 Å². The minimum atomic E-state index is 0.505. The maximum Gasteiger partial charge on any atom is 0.159 e. The highest BCUT2D eigenvalue weighted by atomic mass is 16.3. The van der Waals surface area contributed by atoms with E-state index >= 15 is 0 Å². The molecular formula is C16H15N3O. The maximum absolute atomic E-state index is 5.66. The summed E-state index contributed by atoms with van der Waals surface area (Å²) in [5.74, 6) is 2.29. The molecule has 3 aromatic rings. The van der Waals surface area contributed by atoms with Gasteiger partial charge in [0.05, 0.1) is 0 Å². The van der Waals surface area contributed by atoms with Gasteiger partial charge in [-0.2, -0.15) is 0 Å². The van der Waals surface area contributed by atoms with Crippen LogP contribution in [-0.2, 0) is 6.54 Å². The van der Waals surface area contributed by atoms with Gasteiger partial charge in [0.2, 0.25) is 0 Å². The lowest BCUT2D eigenvalue weighted by molar-refractivity contribution is 0.546. The van der Waals surface area contributed by atoms with Crippen LogP contribution in [0.3, 0.4) is 0 Å². The summed E-state index contributed by atoms with van der Waals surface area (Å²) in [5, 5.41) is 0. The van der Waals surface area contributed by atoms with Crippen molar-refractivity contribution in [2.45, 2.75) is 13.5 Å². The maximum atomic E-state index is 5.66. The normalized spacial score (nSPS) is 10.7. The molecule has 4 heteroatoms. The summed E-state index contributed by atoms with van der Waals surface area (Å²) < 4.78 is 5.60. The molecular weight excluding hydrogens is 250 g/mol. The molecule has 20 heavy (non-hydrogen) atoms. The summed E-state index contributed by atoms with van der Waals surface area (Å²) >= 11 is 0. The van der Waals surface area contributed by atoms with Crippen molar-refractivity contribution in [1.29, 1.82) is 0 Å². The Bertz CT molecular complexity index is 734. The summed E-state index contributed by atoms with van der Waals surface area (Å²) in [5.41, 5.74) is 8.46. The van der Waals surface area contributed by atoms with E-state index in [0.717, 1.165) is 28.3 Å². The first-order chi connectivity index (χ1) is 9.76. The van der Waals surface area contributed by atoms with Gasteiger partial charge in [-0.3, -0.25) is 0 Å². The van der Waals surface area contributed by atoms with Gasteiger partial charge in [-0.1, -0.05) is 18.2 Å². The Labute approximate surface area is 117 Å². The molecule has 2 heterocycles. The quantitative estimate of drug-likeness (QED) is 0.790. The summed E-state index contributed by atoms with van der Waals surface area (Å²) in [6, 6.07) is 13.6. The minimum Gasteiger partial charge on any atom is -0.460 e. The first kappa shape index (κ1) is 12.6. The molecule has 0 fully saturated rings.